The molecule has 0 amide bonds. The van der Waals surface area contributed by atoms with Crippen molar-refractivity contribution in [2.45, 2.75) is 38.8 Å². The van der Waals surface area contributed by atoms with Crippen LogP contribution in [0.2, 0.25) is 0 Å². The van der Waals surface area contributed by atoms with Crippen molar-refractivity contribution >= 4 is 14.7 Å². The van der Waals surface area contributed by atoms with Gasteiger partial charge in [-0.2, -0.15) is 0 Å². The summed E-state index contributed by atoms with van der Waals surface area (Å²) in [5, 5.41) is 8.40. The number of rotatable bonds is 2. The molecule has 0 bridgehead atoms. The second kappa shape index (κ2) is 6.29. The fourth-order valence-electron chi connectivity index (χ4n) is 3.44. The third kappa shape index (κ3) is 2.75. The van der Waals surface area contributed by atoms with Crippen molar-refractivity contribution < 1.29 is 0 Å². The number of aromatic nitrogens is 2. The van der Waals surface area contributed by atoms with Crippen molar-refractivity contribution in [1.29, 1.82) is 0 Å². The topological polar surface area (TPSA) is 37.8 Å². The fourth-order valence-corrected chi connectivity index (χ4v) is 5.22. The van der Waals surface area contributed by atoms with Crippen molar-refractivity contribution in [3.63, 3.8) is 0 Å². The first-order valence-corrected chi connectivity index (χ1v) is 9.97. The van der Waals surface area contributed by atoms with E-state index < -0.39 is 0 Å². The van der Waals surface area contributed by atoms with Gasteiger partial charge in [-0.25, -0.2) is 0 Å². The molecule has 2 heterocycles. The quantitative estimate of drug-likeness (QED) is 0.687. The Kier molecular flexibility index (Phi) is 4.13. The zero-order valence-corrected chi connectivity index (χ0v) is 15.9. The monoisotopic (exact) mass is 383 g/mol. The number of nitrogens with zero attached hydrogens (tertiary/aromatic N) is 2. The van der Waals surface area contributed by atoms with Gasteiger partial charge in [-0.05, 0) is 0 Å². The first-order valence-electron chi connectivity index (χ1n) is 8.35. The molecule has 2 aromatic carbocycles. The second-order valence-corrected chi connectivity index (χ2v) is 8.36. The SMILES string of the molecule is Cc1ccc(C2NC(c3ccc(C)cc3)C(C)c3nn[se]c32)cc1. The molecule has 0 radical (unpaired) electrons. The van der Waals surface area contributed by atoms with Crippen LogP contribution in [-0.2, 0) is 0 Å². The Morgan fingerprint density at radius 3 is 2.08 bits per heavy atom. The van der Waals surface area contributed by atoms with E-state index >= 15 is 0 Å². The molecule has 1 aromatic heterocycles. The minimum absolute atomic E-state index is 0.115. The zero-order chi connectivity index (χ0) is 16.7. The molecule has 0 spiro atoms. The number of hydrogen-bond acceptors (Lipinski definition) is 3. The van der Waals surface area contributed by atoms with Crippen LogP contribution in [0.4, 0.5) is 0 Å². The van der Waals surface area contributed by atoms with Crippen LogP contribution < -0.4 is 5.32 Å². The summed E-state index contributed by atoms with van der Waals surface area (Å²) in [6.07, 6.45) is 0. The van der Waals surface area contributed by atoms with E-state index in [0.717, 1.165) is 0 Å². The van der Waals surface area contributed by atoms with Crippen molar-refractivity contribution in [2.24, 2.45) is 0 Å². The van der Waals surface area contributed by atoms with Crippen LogP contribution in [0.3, 0.4) is 0 Å². The Labute approximate surface area is 149 Å². The minimum atomic E-state index is 0.115. The van der Waals surface area contributed by atoms with Crippen molar-refractivity contribution in [3.8, 4) is 0 Å². The maximum absolute atomic E-state index is 4.52. The van der Waals surface area contributed by atoms with Crippen LogP contribution in [0.15, 0.2) is 48.5 Å². The number of fused-ring (bicyclic) bond motifs is 1. The van der Waals surface area contributed by atoms with Gasteiger partial charge in [0.05, 0.1) is 0 Å². The van der Waals surface area contributed by atoms with Crippen LogP contribution >= 0.6 is 0 Å². The number of aryl methyl sites for hydroxylation is 2. The van der Waals surface area contributed by atoms with Gasteiger partial charge >= 0.3 is 149 Å². The first-order chi connectivity index (χ1) is 11.6. The molecule has 24 heavy (non-hydrogen) atoms. The van der Waals surface area contributed by atoms with Gasteiger partial charge in [0.25, 0.3) is 0 Å². The average Bonchev–Trinajstić information content (AvgIpc) is 3.08. The van der Waals surface area contributed by atoms with Gasteiger partial charge in [0.1, 0.15) is 0 Å². The van der Waals surface area contributed by atoms with E-state index in [0.29, 0.717) is 5.92 Å². The van der Waals surface area contributed by atoms with Gasteiger partial charge in [0, 0.05) is 0 Å². The van der Waals surface area contributed by atoms with Crippen LogP contribution in [0.1, 0.15) is 57.3 Å². The van der Waals surface area contributed by atoms with E-state index in [1.807, 2.05) is 0 Å². The van der Waals surface area contributed by atoms with Gasteiger partial charge in [-0.3, -0.25) is 0 Å². The maximum atomic E-state index is 4.52. The zero-order valence-electron chi connectivity index (χ0n) is 14.2. The molecule has 0 saturated carbocycles. The van der Waals surface area contributed by atoms with Crippen molar-refractivity contribution in [2.75, 3.05) is 0 Å². The van der Waals surface area contributed by atoms with Crippen LogP contribution in [0, 0.1) is 13.8 Å². The molecule has 1 aliphatic rings. The molecule has 122 valence electrons. The molecule has 0 saturated heterocycles. The predicted molar refractivity (Wildman–Crippen MR) is 97.5 cm³/mol. The molecule has 4 rings (SSSR count). The Bertz CT molecular complexity index is 836. The van der Waals surface area contributed by atoms with Gasteiger partial charge in [-0.1, -0.05) is 0 Å². The summed E-state index contributed by atoms with van der Waals surface area (Å²) in [5.74, 6) is 0.345. The molecule has 3 aromatic rings. The number of nitrogens with one attached hydrogen (secondary N) is 1. The van der Waals surface area contributed by atoms with Crippen LogP contribution in [0.25, 0.3) is 0 Å². The summed E-state index contributed by atoms with van der Waals surface area (Å²) in [5.41, 5.74) is 6.42. The van der Waals surface area contributed by atoms with E-state index in [1.54, 1.807) is 0 Å². The van der Waals surface area contributed by atoms with Crippen LogP contribution in [0.5, 0.6) is 0 Å². The number of benzene rings is 2. The van der Waals surface area contributed by atoms with E-state index in [1.165, 1.54) is 32.4 Å². The molecule has 3 unspecified atom stereocenters. The van der Waals surface area contributed by atoms with E-state index in [-0.39, 0.29) is 26.8 Å². The Hall–Kier alpha value is -1.74. The third-order valence-corrected chi connectivity index (χ3v) is 6.62. The summed E-state index contributed by atoms with van der Waals surface area (Å²) in [6.45, 7) is 6.52. The molecule has 3 nitrogen and oxygen atoms in total. The van der Waals surface area contributed by atoms with Gasteiger partial charge < -0.3 is 0 Å². The molecule has 0 fully saturated rings. The Balaban J connectivity index is 1.76. The van der Waals surface area contributed by atoms with Crippen molar-refractivity contribution in [1.82, 2.24) is 14.5 Å². The summed E-state index contributed by atoms with van der Waals surface area (Å²) in [7, 11) is 0. The Morgan fingerprint density at radius 1 is 0.875 bits per heavy atom. The summed E-state index contributed by atoms with van der Waals surface area (Å²) < 4.78 is 5.78. The van der Waals surface area contributed by atoms with Gasteiger partial charge in [0.2, 0.25) is 0 Å². The van der Waals surface area contributed by atoms with Gasteiger partial charge in [-0.15, -0.1) is 0 Å². The van der Waals surface area contributed by atoms with E-state index in [9.17, 15) is 0 Å². The third-order valence-electron chi connectivity index (χ3n) is 4.93. The molecular formula is C20H21N3Se. The second-order valence-electron chi connectivity index (χ2n) is 6.71. The molecule has 0 aliphatic carbocycles. The van der Waals surface area contributed by atoms with Crippen LogP contribution in [-0.4, -0.2) is 23.9 Å². The first kappa shape index (κ1) is 15.8. The fraction of sp³-hybridized carbons (Fsp3) is 0.300. The summed E-state index contributed by atoms with van der Waals surface area (Å²) >= 11 is 0.115. The molecule has 1 aliphatic heterocycles. The van der Waals surface area contributed by atoms with Gasteiger partial charge in [0.15, 0.2) is 0 Å². The van der Waals surface area contributed by atoms with E-state index in [4.69, 9.17) is 0 Å². The average molecular weight is 382 g/mol. The number of hydrogen-bond donors (Lipinski definition) is 1. The molecule has 3 atom stereocenters. The molecule has 1 N–H and O–H groups in total. The van der Waals surface area contributed by atoms with Crippen molar-refractivity contribution in [3.05, 3.63) is 80.9 Å². The Morgan fingerprint density at radius 2 is 1.46 bits per heavy atom. The normalized spacial score (nSPS) is 23.0. The molecule has 4 heteroatoms. The van der Waals surface area contributed by atoms with E-state index in [2.05, 4.69) is 83.8 Å². The summed E-state index contributed by atoms with van der Waals surface area (Å²) in [6, 6.07) is 18.2. The summed E-state index contributed by atoms with van der Waals surface area (Å²) in [4.78, 5) is 0. The standard InChI is InChI=1S/C20H21N3Se/c1-12-4-8-15(9-5-12)17-14(3)18-20(24-23-22-18)19(21-17)16-10-6-13(2)7-11-16/h4-11,14,17,19,21H,1-3H3. The predicted octanol–water partition coefficient (Wildman–Crippen LogP) is 3.69. The molecular weight excluding hydrogens is 361 g/mol.